The summed E-state index contributed by atoms with van der Waals surface area (Å²) in [7, 11) is -4.26. The van der Waals surface area contributed by atoms with Crippen LogP contribution in [-0.4, -0.2) is 24.5 Å². The molecule has 4 aromatic rings. The summed E-state index contributed by atoms with van der Waals surface area (Å²) in [4.78, 5) is 24.3. The van der Waals surface area contributed by atoms with E-state index < -0.39 is 10.1 Å². The number of carbonyl (C=O) groups is 2. The Morgan fingerprint density at radius 2 is 1.06 bits per heavy atom. The average molecular weight is 501 g/mol. The topological polar surface area (TPSA) is 88.5 Å². The quantitative estimate of drug-likeness (QED) is 0.275. The normalized spacial score (nSPS) is 12.9. The first-order valence-electron chi connectivity index (χ1n) is 11.8. The van der Waals surface area contributed by atoms with Crippen LogP contribution in [0, 0.1) is 0 Å². The fourth-order valence-electron chi connectivity index (χ4n) is 4.75. The van der Waals surface area contributed by atoms with Gasteiger partial charge in [0.2, 0.25) is 0 Å². The number of benzene rings is 4. The molecule has 1 N–H and O–H groups in total. The summed E-state index contributed by atoms with van der Waals surface area (Å²) in [6.07, 6.45) is 0. The highest BCUT2D eigenvalue weighted by atomic mass is 32.2. The molecule has 0 bridgehead atoms. The van der Waals surface area contributed by atoms with Gasteiger partial charge in [0, 0.05) is 27.6 Å². The van der Waals surface area contributed by atoms with Gasteiger partial charge in [-0.3, -0.25) is 14.1 Å². The van der Waals surface area contributed by atoms with E-state index >= 15 is 0 Å². The molecular weight excluding hydrogens is 472 g/mol. The van der Waals surface area contributed by atoms with Crippen LogP contribution in [0.1, 0.15) is 82.5 Å². The SMILES string of the molecule is CC(C)c1cc2ccccc2c(S(=O)(=O)O)c1C(C)C.O=C1c2ccccc2C(=O)c2ccccc21. The Labute approximate surface area is 211 Å². The summed E-state index contributed by atoms with van der Waals surface area (Å²) >= 11 is 0. The maximum absolute atomic E-state index is 12.1. The van der Waals surface area contributed by atoms with Crippen molar-refractivity contribution in [1.29, 1.82) is 0 Å². The molecule has 0 aliphatic heterocycles. The number of carbonyl (C=O) groups excluding carboxylic acids is 2. The lowest BCUT2D eigenvalue weighted by Gasteiger charge is -2.21. The standard InChI is InChI=1S/C16H20O3S.C14H8O2/c1-10(2)14-9-12-7-5-6-8-13(12)16(20(17,18)19)15(14)11(3)4;15-13-9-5-1-2-6-10(9)14(16)12-8-4-3-7-11(12)13/h5-11H,1-4H3,(H,17,18,19);1-8H. The lowest BCUT2D eigenvalue weighted by Crippen LogP contribution is -2.20. The maximum atomic E-state index is 12.1. The van der Waals surface area contributed by atoms with Crippen LogP contribution in [0.3, 0.4) is 0 Å². The summed E-state index contributed by atoms with van der Waals surface area (Å²) in [6.45, 7) is 7.96. The number of ketones is 2. The average Bonchev–Trinajstić information content (AvgIpc) is 2.85. The predicted octanol–water partition coefficient (Wildman–Crippen LogP) is 6.80. The van der Waals surface area contributed by atoms with Crippen LogP contribution in [0.25, 0.3) is 10.8 Å². The van der Waals surface area contributed by atoms with Gasteiger partial charge in [0.1, 0.15) is 4.90 Å². The van der Waals surface area contributed by atoms with Crippen LogP contribution in [0.15, 0.2) is 83.8 Å². The van der Waals surface area contributed by atoms with Gasteiger partial charge in [0.05, 0.1) is 0 Å². The molecule has 0 saturated heterocycles. The molecule has 5 rings (SSSR count). The monoisotopic (exact) mass is 500 g/mol. The first-order valence-corrected chi connectivity index (χ1v) is 13.3. The summed E-state index contributed by atoms with van der Waals surface area (Å²) < 4.78 is 33.5. The molecular formula is C30H28O5S. The van der Waals surface area contributed by atoms with E-state index in [1.165, 1.54) is 0 Å². The fraction of sp³-hybridized carbons (Fsp3) is 0.200. The minimum Gasteiger partial charge on any atom is -0.289 e. The maximum Gasteiger partial charge on any atom is 0.295 e. The Morgan fingerprint density at radius 1 is 0.639 bits per heavy atom. The molecule has 0 aromatic heterocycles. The minimum absolute atomic E-state index is 0.0222. The molecule has 0 spiro atoms. The Hall–Kier alpha value is -3.61. The minimum atomic E-state index is -4.26. The van der Waals surface area contributed by atoms with Crippen molar-refractivity contribution in [2.24, 2.45) is 0 Å². The molecule has 0 heterocycles. The van der Waals surface area contributed by atoms with Crippen molar-refractivity contribution in [3.63, 3.8) is 0 Å². The Bertz CT molecular complexity index is 1490. The molecule has 4 aromatic carbocycles. The molecule has 5 nitrogen and oxygen atoms in total. The third-order valence-corrected chi connectivity index (χ3v) is 7.32. The van der Waals surface area contributed by atoms with E-state index in [1.54, 1.807) is 60.7 Å². The van der Waals surface area contributed by atoms with Crippen molar-refractivity contribution in [3.8, 4) is 0 Å². The summed E-state index contributed by atoms with van der Waals surface area (Å²) in [5, 5.41) is 1.43. The van der Waals surface area contributed by atoms with Gasteiger partial charge in [-0.2, -0.15) is 8.42 Å². The molecule has 0 amide bonds. The largest absolute Gasteiger partial charge is 0.295 e. The van der Waals surface area contributed by atoms with E-state index in [0.29, 0.717) is 27.6 Å². The highest BCUT2D eigenvalue weighted by Gasteiger charge is 2.28. The molecule has 1 aliphatic carbocycles. The molecule has 184 valence electrons. The van der Waals surface area contributed by atoms with Crippen molar-refractivity contribution in [2.75, 3.05) is 0 Å². The van der Waals surface area contributed by atoms with Crippen LogP contribution < -0.4 is 0 Å². The molecule has 6 heteroatoms. The van der Waals surface area contributed by atoms with Gasteiger partial charge in [-0.05, 0) is 28.3 Å². The molecule has 0 unspecified atom stereocenters. The number of hydrogen-bond acceptors (Lipinski definition) is 4. The van der Waals surface area contributed by atoms with Gasteiger partial charge >= 0.3 is 0 Å². The number of hydrogen-bond donors (Lipinski definition) is 1. The van der Waals surface area contributed by atoms with Crippen molar-refractivity contribution in [2.45, 2.75) is 44.4 Å². The molecule has 1 aliphatic rings. The molecule has 0 atom stereocenters. The summed E-state index contributed by atoms with van der Waals surface area (Å²) in [5.74, 6) is 0.0861. The third kappa shape index (κ3) is 4.62. The number of fused-ring (bicyclic) bond motifs is 3. The highest BCUT2D eigenvalue weighted by molar-refractivity contribution is 7.86. The Balaban J connectivity index is 0.000000173. The Morgan fingerprint density at radius 3 is 1.44 bits per heavy atom. The van der Waals surface area contributed by atoms with Gasteiger partial charge < -0.3 is 0 Å². The van der Waals surface area contributed by atoms with E-state index in [4.69, 9.17) is 0 Å². The van der Waals surface area contributed by atoms with Crippen LogP contribution >= 0.6 is 0 Å². The van der Waals surface area contributed by atoms with Crippen molar-refractivity contribution < 1.29 is 22.6 Å². The van der Waals surface area contributed by atoms with Gasteiger partial charge in [0.15, 0.2) is 11.6 Å². The zero-order chi connectivity index (χ0) is 26.2. The van der Waals surface area contributed by atoms with Gasteiger partial charge in [-0.1, -0.05) is 107 Å². The second-order valence-electron chi connectivity index (χ2n) is 9.46. The smallest absolute Gasteiger partial charge is 0.289 e. The van der Waals surface area contributed by atoms with Crippen molar-refractivity contribution in [3.05, 3.63) is 112 Å². The zero-order valence-corrected chi connectivity index (χ0v) is 21.5. The first kappa shape index (κ1) is 25.5. The van der Waals surface area contributed by atoms with E-state index in [0.717, 1.165) is 16.5 Å². The van der Waals surface area contributed by atoms with E-state index in [2.05, 4.69) is 0 Å². The Kier molecular flexibility index (Phi) is 6.94. The molecule has 0 fully saturated rings. The van der Waals surface area contributed by atoms with E-state index in [1.807, 2.05) is 45.9 Å². The second kappa shape index (κ2) is 9.80. The fourth-order valence-corrected chi connectivity index (χ4v) is 5.85. The van der Waals surface area contributed by atoms with E-state index in [-0.39, 0.29) is 28.3 Å². The highest BCUT2D eigenvalue weighted by Crippen LogP contribution is 2.37. The molecule has 0 radical (unpaired) electrons. The zero-order valence-electron chi connectivity index (χ0n) is 20.6. The number of rotatable bonds is 3. The third-order valence-electron chi connectivity index (χ3n) is 6.36. The van der Waals surface area contributed by atoms with Crippen molar-refractivity contribution >= 4 is 32.5 Å². The van der Waals surface area contributed by atoms with Crippen LogP contribution in [0.2, 0.25) is 0 Å². The first-order chi connectivity index (χ1) is 17.0. The van der Waals surface area contributed by atoms with Gasteiger partial charge in [0.25, 0.3) is 10.1 Å². The summed E-state index contributed by atoms with van der Waals surface area (Å²) in [6, 6.07) is 23.2. The van der Waals surface area contributed by atoms with Crippen LogP contribution in [0.5, 0.6) is 0 Å². The summed E-state index contributed by atoms with van der Waals surface area (Å²) in [5.41, 5.74) is 3.72. The lowest BCUT2D eigenvalue weighted by molar-refractivity contribution is 0.0979. The predicted molar refractivity (Wildman–Crippen MR) is 142 cm³/mol. The lowest BCUT2D eigenvalue weighted by atomic mass is 9.84. The molecule has 0 saturated carbocycles. The van der Waals surface area contributed by atoms with E-state index in [9.17, 15) is 22.6 Å². The second-order valence-corrected chi connectivity index (χ2v) is 10.8. The molecule has 36 heavy (non-hydrogen) atoms. The van der Waals surface area contributed by atoms with Crippen molar-refractivity contribution in [1.82, 2.24) is 0 Å². The van der Waals surface area contributed by atoms with Gasteiger partial charge in [-0.25, -0.2) is 0 Å². The van der Waals surface area contributed by atoms with Crippen LogP contribution in [0.4, 0.5) is 0 Å². The van der Waals surface area contributed by atoms with Gasteiger partial charge in [-0.15, -0.1) is 0 Å². The van der Waals surface area contributed by atoms with Crippen LogP contribution in [-0.2, 0) is 10.1 Å².